The Kier molecular flexibility index (Phi) is 5.44. The summed E-state index contributed by atoms with van der Waals surface area (Å²) in [5.74, 6) is 2.12. The smallest absolute Gasteiger partial charge is 0.325 e. The van der Waals surface area contributed by atoms with E-state index in [2.05, 4.69) is 31.1 Å². The number of aliphatic imine (C=N–C) groups is 2. The van der Waals surface area contributed by atoms with E-state index in [-0.39, 0.29) is 0 Å². The first kappa shape index (κ1) is 20.2. The molecule has 1 unspecified atom stereocenters. The van der Waals surface area contributed by atoms with Crippen molar-refractivity contribution in [1.29, 1.82) is 0 Å². The van der Waals surface area contributed by atoms with Crippen molar-refractivity contribution in [2.45, 2.75) is 20.0 Å². The molecule has 0 radical (unpaired) electrons. The van der Waals surface area contributed by atoms with E-state index in [0.29, 0.717) is 34.5 Å². The number of aryl methyl sites for hydroxylation is 2. The Morgan fingerprint density at radius 3 is 2.65 bits per heavy atom. The number of dihydropyridines is 1. The van der Waals surface area contributed by atoms with Gasteiger partial charge in [0.15, 0.2) is 23.4 Å². The number of fused-ring (bicyclic) bond motifs is 1. The summed E-state index contributed by atoms with van der Waals surface area (Å²) in [6, 6.07) is 5.18. The van der Waals surface area contributed by atoms with Crippen molar-refractivity contribution in [1.82, 2.24) is 15.8 Å². The lowest BCUT2D eigenvalue weighted by Gasteiger charge is -2.25. The van der Waals surface area contributed by atoms with Crippen molar-refractivity contribution in [3.05, 3.63) is 53.1 Å². The number of nitrogens with one attached hydrogen (secondary N) is 3. The number of allylic oxidation sites excluding steroid dienone is 2. The maximum atomic E-state index is 12.4. The van der Waals surface area contributed by atoms with Gasteiger partial charge >= 0.3 is 6.03 Å². The van der Waals surface area contributed by atoms with Gasteiger partial charge in [-0.05, 0) is 44.2 Å². The van der Waals surface area contributed by atoms with E-state index in [1.807, 2.05) is 30.4 Å². The number of amides is 2. The third-order valence-electron chi connectivity index (χ3n) is 4.81. The van der Waals surface area contributed by atoms with E-state index in [1.54, 1.807) is 28.1 Å². The fourth-order valence-corrected chi connectivity index (χ4v) is 3.22. The van der Waals surface area contributed by atoms with Crippen LogP contribution in [0, 0.1) is 13.8 Å². The third kappa shape index (κ3) is 4.13. The van der Waals surface area contributed by atoms with Gasteiger partial charge in [0.1, 0.15) is 17.2 Å². The van der Waals surface area contributed by atoms with E-state index in [0.717, 1.165) is 17.0 Å². The lowest BCUT2D eigenvalue weighted by molar-refractivity contribution is 0.256. The van der Waals surface area contributed by atoms with E-state index in [9.17, 15) is 4.79 Å². The van der Waals surface area contributed by atoms with Gasteiger partial charge in [-0.1, -0.05) is 5.16 Å². The Bertz CT molecular complexity index is 1130. The Morgan fingerprint density at radius 1 is 1.13 bits per heavy atom. The van der Waals surface area contributed by atoms with Gasteiger partial charge in [-0.15, -0.1) is 0 Å². The molecule has 31 heavy (non-hydrogen) atoms. The number of aromatic nitrogens is 1. The maximum absolute atomic E-state index is 12.4. The molecule has 2 aliphatic rings. The largest absolute Gasteiger partial charge is 0.493 e. The summed E-state index contributed by atoms with van der Waals surface area (Å²) in [5.41, 5.74) is 3.61. The minimum Gasteiger partial charge on any atom is -0.493 e. The zero-order valence-corrected chi connectivity index (χ0v) is 17.5. The van der Waals surface area contributed by atoms with Crippen molar-refractivity contribution in [3.63, 3.8) is 0 Å². The monoisotopic (exact) mass is 422 g/mol. The molecule has 1 atom stereocenters. The summed E-state index contributed by atoms with van der Waals surface area (Å²) in [6.45, 7) is 3.47. The topological polar surface area (TPSA) is 122 Å². The molecule has 1 aromatic heterocycles. The minimum absolute atomic E-state index is 0.326. The average Bonchev–Trinajstić information content (AvgIpc) is 3.10. The normalized spacial score (nSPS) is 16.9. The summed E-state index contributed by atoms with van der Waals surface area (Å²) in [4.78, 5) is 21.3. The van der Waals surface area contributed by atoms with Crippen LogP contribution in [-0.4, -0.2) is 43.6 Å². The Hall–Kier alpha value is -4.08. The number of carbonyl (C=O) groups excluding carboxylic acids is 1. The van der Waals surface area contributed by atoms with Gasteiger partial charge < -0.3 is 24.6 Å². The number of hydrogen-bond acceptors (Lipinski definition) is 8. The molecule has 10 heteroatoms. The molecule has 2 aliphatic heterocycles. The first-order chi connectivity index (χ1) is 15.0. The molecule has 160 valence electrons. The van der Waals surface area contributed by atoms with Crippen molar-refractivity contribution in [3.8, 4) is 11.5 Å². The van der Waals surface area contributed by atoms with Crippen molar-refractivity contribution >= 4 is 29.5 Å². The van der Waals surface area contributed by atoms with Gasteiger partial charge in [-0.3, -0.25) is 10.3 Å². The van der Waals surface area contributed by atoms with Gasteiger partial charge in [0.25, 0.3) is 0 Å². The molecule has 3 N–H and O–H groups in total. The molecule has 0 bridgehead atoms. The fraction of sp³-hybridized carbons (Fsp3) is 0.238. The number of ether oxygens (including phenoxy) is 2. The summed E-state index contributed by atoms with van der Waals surface area (Å²) in [6.07, 6.45) is 4.87. The van der Waals surface area contributed by atoms with Crippen LogP contribution >= 0.6 is 0 Å². The number of carbonyl (C=O) groups is 1. The number of benzene rings is 1. The van der Waals surface area contributed by atoms with Crippen LogP contribution in [0.25, 0.3) is 5.70 Å². The minimum atomic E-state index is -0.460. The van der Waals surface area contributed by atoms with Crippen LogP contribution in [0.2, 0.25) is 0 Å². The second-order valence-corrected chi connectivity index (χ2v) is 6.84. The molecule has 0 fully saturated rings. The zero-order valence-electron chi connectivity index (χ0n) is 17.5. The molecule has 0 saturated carbocycles. The van der Waals surface area contributed by atoms with Crippen LogP contribution in [0.4, 0.5) is 10.5 Å². The van der Waals surface area contributed by atoms with E-state index in [4.69, 9.17) is 14.0 Å². The molecular formula is C21H22N6O4. The lowest BCUT2D eigenvalue weighted by atomic mass is 10.1. The highest BCUT2D eigenvalue weighted by Crippen LogP contribution is 2.31. The van der Waals surface area contributed by atoms with Crippen molar-refractivity contribution < 1.29 is 18.8 Å². The summed E-state index contributed by atoms with van der Waals surface area (Å²) >= 11 is 0. The van der Waals surface area contributed by atoms with Crippen LogP contribution in [0.1, 0.15) is 17.0 Å². The zero-order chi connectivity index (χ0) is 22.0. The van der Waals surface area contributed by atoms with Crippen LogP contribution in [-0.2, 0) is 0 Å². The third-order valence-corrected chi connectivity index (χ3v) is 4.81. The Morgan fingerprint density at radius 2 is 1.94 bits per heavy atom. The van der Waals surface area contributed by atoms with Crippen LogP contribution in [0.5, 0.6) is 11.5 Å². The molecule has 0 saturated heterocycles. The SMILES string of the molecule is COc1ccc(C2=CC=C3N=CC(NC(=O)Nc4c(C)noc4C)=NC3N2)cc1OC. The van der Waals surface area contributed by atoms with Gasteiger partial charge in [-0.25, -0.2) is 9.79 Å². The number of urea groups is 1. The second-order valence-electron chi connectivity index (χ2n) is 6.84. The first-order valence-corrected chi connectivity index (χ1v) is 9.52. The highest BCUT2D eigenvalue weighted by Gasteiger charge is 2.23. The molecule has 1 aromatic carbocycles. The Labute approximate surface area is 178 Å². The quantitative estimate of drug-likeness (QED) is 0.696. The van der Waals surface area contributed by atoms with E-state index < -0.39 is 12.2 Å². The molecule has 4 rings (SSSR count). The highest BCUT2D eigenvalue weighted by atomic mass is 16.5. The maximum Gasteiger partial charge on any atom is 0.325 e. The summed E-state index contributed by atoms with van der Waals surface area (Å²) < 4.78 is 15.7. The number of anilines is 1. The van der Waals surface area contributed by atoms with Crippen LogP contribution in [0.15, 0.2) is 50.6 Å². The fourth-order valence-electron chi connectivity index (χ4n) is 3.22. The summed E-state index contributed by atoms with van der Waals surface area (Å²) in [5, 5.41) is 12.5. The van der Waals surface area contributed by atoms with E-state index in [1.165, 1.54) is 6.21 Å². The first-order valence-electron chi connectivity index (χ1n) is 9.52. The van der Waals surface area contributed by atoms with Crippen LogP contribution in [0.3, 0.4) is 0 Å². The van der Waals surface area contributed by atoms with Gasteiger partial charge in [0.05, 0.1) is 26.1 Å². The number of nitrogens with zero attached hydrogens (tertiary/aromatic N) is 3. The molecule has 2 amide bonds. The number of methoxy groups -OCH3 is 2. The number of rotatable bonds is 4. The van der Waals surface area contributed by atoms with Crippen LogP contribution < -0.4 is 25.4 Å². The van der Waals surface area contributed by atoms with Gasteiger partial charge in [-0.2, -0.15) is 0 Å². The molecule has 3 heterocycles. The molecule has 10 nitrogen and oxygen atoms in total. The Balaban J connectivity index is 1.47. The molecule has 0 spiro atoms. The molecular weight excluding hydrogens is 400 g/mol. The van der Waals surface area contributed by atoms with Gasteiger partial charge in [0, 0.05) is 11.3 Å². The lowest BCUT2D eigenvalue weighted by Crippen LogP contribution is -2.41. The summed E-state index contributed by atoms with van der Waals surface area (Å²) in [7, 11) is 3.18. The average molecular weight is 422 g/mol. The van der Waals surface area contributed by atoms with Crippen molar-refractivity contribution in [2.75, 3.05) is 19.5 Å². The number of amidine groups is 1. The van der Waals surface area contributed by atoms with Gasteiger partial charge in [0.2, 0.25) is 0 Å². The van der Waals surface area contributed by atoms with E-state index >= 15 is 0 Å². The standard InChI is InChI=1S/C21H22N6O4/c1-11-19(12(2)31-27-11)26-21(28)25-18-10-22-15-7-6-14(23-20(15)24-18)13-5-8-16(29-3)17(9-13)30-4/h5-10,20,23H,1-4H3,(H2,24,25,26,28). The highest BCUT2D eigenvalue weighted by molar-refractivity contribution is 6.34. The predicted octanol–water partition coefficient (Wildman–Crippen LogP) is 2.77. The molecule has 2 aromatic rings. The number of hydrogen-bond donors (Lipinski definition) is 3. The molecule has 0 aliphatic carbocycles. The van der Waals surface area contributed by atoms with Crippen molar-refractivity contribution in [2.24, 2.45) is 9.98 Å². The second kappa shape index (κ2) is 8.34. The predicted molar refractivity (Wildman–Crippen MR) is 117 cm³/mol.